The van der Waals surface area contributed by atoms with Crippen LogP contribution in [0.1, 0.15) is 31.1 Å². The van der Waals surface area contributed by atoms with Crippen LogP contribution in [0.15, 0.2) is 48.3 Å². The number of aromatic nitrogens is 1. The van der Waals surface area contributed by atoms with Gasteiger partial charge in [0.1, 0.15) is 12.2 Å². The molecule has 0 aliphatic carbocycles. The summed E-state index contributed by atoms with van der Waals surface area (Å²) in [6.45, 7) is 5.78. The topological polar surface area (TPSA) is 83.4 Å². The Morgan fingerprint density at radius 1 is 1.22 bits per heavy atom. The lowest BCUT2D eigenvalue weighted by Crippen LogP contribution is -2.38. The van der Waals surface area contributed by atoms with E-state index in [-0.39, 0.29) is 12.2 Å². The number of imide groups is 1. The highest BCUT2D eigenvalue weighted by atomic mass is 16.2. The molecule has 0 atom stereocenters. The molecule has 140 valence electrons. The van der Waals surface area contributed by atoms with Crippen LogP contribution in [0.3, 0.4) is 0 Å². The summed E-state index contributed by atoms with van der Waals surface area (Å²) < 4.78 is 2.08. The average Bonchev–Trinajstić information content (AvgIpc) is 3.11. The summed E-state index contributed by atoms with van der Waals surface area (Å²) in [7, 11) is 0. The van der Waals surface area contributed by atoms with Gasteiger partial charge in [-0.3, -0.25) is 9.59 Å². The molecule has 0 spiro atoms. The van der Waals surface area contributed by atoms with Crippen molar-refractivity contribution >= 4 is 29.6 Å². The van der Waals surface area contributed by atoms with Crippen molar-refractivity contribution in [1.82, 2.24) is 14.8 Å². The van der Waals surface area contributed by atoms with E-state index in [9.17, 15) is 14.4 Å². The number of anilines is 1. The minimum Gasteiger partial charge on any atom is -0.349 e. The van der Waals surface area contributed by atoms with E-state index < -0.39 is 17.8 Å². The van der Waals surface area contributed by atoms with E-state index in [1.807, 2.05) is 25.3 Å². The van der Waals surface area contributed by atoms with E-state index in [0.717, 1.165) is 16.2 Å². The Hall–Kier alpha value is -3.35. The summed E-state index contributed by atoms with van der Waals surface area (Å²) in [5.41, 5.74) is 2.65. The summed E-state index contributed by atoms with van der Waals surface area (Å²) in [5.74, 6) is -0.953. The first-order chi connectivity index (χ1) is 12.8. The standard InChI is InChI=1S/C20H22N4O3/c1-13(2)23-11-15(9-14(23)3)10-17-19(26)24(20(27)22-17)12-18(25)21-16-7-5-4-6-8-16/h4-11,13H,12H2,1-3H3,(H,21,25)(H,22,27)/b17-10+. The molecule has 4 amide bonds. The molecular weight excluding hydrogens is 344 g/mol. The van der Waals surface area contributed by atoms with E-state index in [1.165, 1.54) is 0 Å². The third kappa shape index (κ3) is 4.08. The maximum Gasteiger partial charge on any atom is 0.329 e. The van der Waals surface area contributed by atoms with Crippen LogP contribution >= 0.6 is 0 Å². The van der Waals surface area contributed by atoms with Gasteiger partial charge in [0.25, 0.3) is 5.91 Å². The molecule has 0 radical (unpaired) electrons. The second-order valence-electron chi connectivity index (χ2n) is 6.71. The number of para-hydroxylation sites is 1. The number of benzene rings is 1. The largest absolute Gasteiger partial charge is 0.349 e. The van der Waals surface area contributed by atoms with E-state index >= 15 is 0 Å². The van der Waals surface area contributed by atoms with Crippen molar-refractivity contribution in [2.75, 3.05) is 11.9 Å². The molecular formula is C20H22N4O3. The first kappa shape index (κ1) is 18.4. The maximum atomic E-state index is 12.5. The molecule has 1 aromatic heterocycles. The van der Waals surface area contributed by atoms with Gasteiger partial charge in [-0.25, -0.2) is 9.69 Å². The summed E-state index contributed by atoms with van der Waals surface area (Å²) in [6.07, 6.45) is 3.55. The van der Waals surface area contributed by atoms with Gasteiger partial charge in [0, 0.05) is 23.6 Å². The normalized spacial score (nSPS) is 15.6. The number of nitrogens with zero attached hydrogens (tertiary/aromatic N) is 2. The van der Waals surface area contributed by atoms with Crippen LogP contribution in [0.25, 0.3) is 6.08 Å². The summed E-state index contributed by atoms with van der Waals surface area (Å²) in [5, 5.41) is 5.20. The molecule has 0 saturated carbocycles. The number of hydrogen-bond donors (Lipinski definition) is 2. The average molecular weight is 366 g/mol. The fraction of sp³-hybridized carbons (Fsp3) is 0.250. The van der Waals surface area contributed by atoms with Crippen molar-refractivity contribution in [1.29, 1.82) is 0 Å². The zero-order valence-electron chi connectivity index (χ0n) is 15.5. The zero-order chi connectivity index (χ0) is 19.6. The Kier molecular flexibility index (Phi) is 5.12. The molecule has 1 aromatic carbocycles. The number of carbonyl (C=O) groups excluding carboxylic acids is 3. The number of nitrogens with one attached hydrogen (secondary N) is 2. The summed E-state index contributed by atoms with van der Waals surface area (Å²) in [6, 6.07) is 10.5. The predicted octanol–water partition coefficient (Wildman–Crippen LogP) is 2.91. The number of amides is 4. The number of aryl methyl sites for hydroxylation is 1. The van der Waals surface area contributed by atoms with E-state index in [4.69, 9.17) is 0 Å². The minimum absolute atomic E-state index is 0.161. The van der Waals surface area contributed by atoms with Gasteiger partial charge in [-0.05, 0) is 50.6 Å². The first-order valence-corrected chi connectivity index (χ1v) is 8.73. The molecule has 1 saturated heterocycles. The van der Waals surface area contributed by atoms with Gasteiger partial charge in [-0.2, -0.15) is 0 Å². The third-order valence-electron chi connectivity index (χ3n) is 4.26. The lowest BCUT2D eigenvalue weighted by Gasteiger charge is -2.11. The minimum atomic E-state index is -0.602. The lowest BCUT2D eigenvalue weighted by molar-refractivity contribution is -0.127. The summed E-state index contributed by atoms with van der Waals surface area (Å²) >= 11 is 0. The van der Waals surface area contributed by atoms with Crippen molar-refractivity contribution in [2.45, 2.75) is 26.8 Å². The fourth-order valence-electron chi connectivity index (χ4n) is 3.00. The van der Waals surface area contributed by atoms with Crippen LogP contribution in [0.4, 0.5) is 10.5 Å². The molecule has 2 N–H and O–H groups in total. The van der Waals surface area contributed by atoms with Gasteiger partial charge in [-0.1, -0.05) is 18.2 Å². The molecule has 7 heteroatoms. The highest BCUT2D eigenvalue weighted by Crippen LogP contribution is 2.19. The van der Waals surface area contributed by atoms with Crippen LogP contribution in [0.5, 0.6) is 0 Å². The lowest BCUT2D eigenvalue weighted by atomic mass is 10.2. The Labute approximate surface area is 157 Å². The molecule has 0 unspecified atom stereocenters. The fourth-order valence-corrected chi connectivity index (χ4v) is 3.00. The van der Waals surface area contributed by atoms with Crippen LogP contribution in [-0.4, -0.2) is 33.9 Å². The van der Waals surface area contributed by atoms with E-state index in [1.54, 1.807) is 30.3 Å². The summed E-state index contributed by atoms with van der Waals surface area (Å²) in [4.78, 5) is 37.7. The van der Waals surface area contributed by atoms with Gasteiger partial charge >= 0.3 is 6.03 Å². The van der Waals surface area contributed by atoms with Crippen molar-refractivity contribution in [2.24, 2.45) is 0 Å². The maximum absolute atomic E-state index is 12.5. The van der Waals surface area contributed by atoms with Gasteiger partial charge in [0.15, 0.2) is 0 Å². The third-order valence-corrected chi connectivity index (χ3v) is 4.26. The smallest absolute Gasteiger partial charge is 0.329 e. The monoisotopic (exact) mass is 366 g/mol. The number of carbonyl (C=O) groups is 3. The molecule has 7 nitrogen and oxygen atoms in total. The Bertz CT molecular complexity index is 913. The van der Waals surface area contributed by atoms with Crippen molar-refractivity contribution in [3.8, 4) is 0 Å². The van der Waals surface area contributed by atoms with Crippen LogP contribution in [0, 0.1) is 6.92 Å². The Balaban J connectivity index is 1.71. The number of rotatable bonds is 5. The molecule has 1 aliphatic rings. The second kappa shape index (κ2) is 7.49. The molecule has 27 heavy (non-hydrogen) atoms. The zero-order valence-corrected chi connectivity index (χ0v) is 15.5. The van der Waals surface area contributed by atoms with Crippen molar-refractivity contribution in [3.05, 3.63) is 59.5 Å². The molecule has 2 aromatic rings. The molecule has 0 bridgehead atoms. The second-order valence-corrected chi connectivity index (χ2v) is 6.71. The van der Waals surface area contributed by atoms with Gasteiger partial charge in [0.05, 0.1) is 0 Å². The first-order valence-electron chi connectivity index (χ1n) is 8.73. The van der Waals surface area contributed by atoms with Crippen LogP contribution in [-0.2, 0) is 9.59 Å². The number of urea groups is 1. The molecule has 1 fully saturated rings. The molecule has 1 aliphatic heterocycles. The Morgan fingerprint density at radius 3 is 2.56 bits per heavy atom. The van der Waals surface area contributed by atoms with E-state index in [2.05, 4.69) is 29.0 Å². The van der Waals surface area contributed by atoms with Gasteiger partial charge in [0.2, 0.25) is 5.91 Å². The van der Waals surface area contributed by atoms with Crippen LogP contribution < -0.4 is 10.6 Å². The highest BCUT2D eigenvalue weighted by Gasteiger charge is 2.35. The van der Waals surface area contributed by atoms with E-state index in [0.29, 0.717) is 11.7 Å². The predicted molar refractivity (Wildman–Crippen MR) is 103 cm³/mol. The Morgan fingerprint density at radius 2 is 1.93 bits per heavy atom. The molecule has 3 rings (SSSR count). The quantitative estimate of drug-likeness (QED) is 0.630. The molecule has 2 heterocycles. The van der Waals surface area contributed by atoms with Gasteiger partial charge in [-0.15, -0.1) is 0 Å². The highest BCUT2D eigenvalue weighted by molar-refractivity contribution is 6.15. The number of hydrogen-bond acceptors (Lipinski definition) is 3. The van der Waals surface area contributed by atoms with Crippen LogP contribution in [0.2, 0.25) is 0 Å². The SMILES string of the molecule is Cc1cc(/C=C2/NC(=O)N(CC(=O)Nc3ccccc3)C2=O)cn1C(C)C. The van der Waals surface area contributed by atoms with Gasteiger partial charge < -0.3 is 15.2 Å². The van der Waals surface area contributed by atoms with Crippen molar-refractivity contribution < 1.29 is 14.4 Å². The van der Waals surface area contributed by atoms with Crippen molar-refractivity contribution in [3.63, 3.8) is 0 Å².